The lowest BCUT2D eigenvalue weighted by Crippen LogP contribution is -2.27. The number of aromatic nitrogens is 1. The highest BCUT2D eigenvalue weighted by atomic mass is 32.1. The number of oxazole rings is 1. The van der Waals surface area contributed by atoms with E-state index in [-0.39, 0.29) is 12.3 Å². The molecule has 2 aromatic heterocycles. The van der Waals surface area contributed by atoms with Crippen molar-refractivity contribution in [3.05, 3.63) is 64.2 Å². The summed E-state index contributed by atoms with van der Waals surface area (Å²) < 4.78 is 5.71. The highest BCUT2D eigenvalue weighted by Crippen LogP contribution is 2.22. The van der Waals surface area contributed by atoms with Crippen molar-refractivity contribution in [1.29, 1.82) is 0 Å². The fourth-order valence-electron chi connectivity index (χ4n) is 2.30. The molecule has 0 atom stereocenters. The molecule has 0 bridgehead atoms. The van der Waals surface area contributed by atoms with Crippen molar-refractivity contribution in [2.75, 3.05) is 7.05 Å². The Morgan fingerprint density at radius 3 is 2.70 bits per heavy atom. The molecular weight excluding hydrogens is 308 g/mol. The van der Waals surface area contributed by atoms with Gasteiger partial charge in [0.2, 0.25) is 11.8 Å². The molecule has 0 radical (unpaired) electrons. The number of benzene rings is 1. The first-order chi connectivity index (χ1) is 11.1. The smallest absolute Gasteiger partial charge is 0.228 e. The summed E-state index contributed by atoms with van der Waals surface area (Å²) in [5, 5.41) is 2.02. The number of thiophene rings is 1. The van der Waals surface area contributed by atoms with Gasteiger partial charge in [0.05, 0.1) is 18.7 Å². The maximum Gasteiger partial charge on any atom is 0.228 e. The Kier molecular flexibility index (Phi) is 4.57. The Morgan fingerprint density at radius 2 is 2.00 bits per heavy atom. The van der Waals surface area contributed by atoms with E-state index in [1.807, 2.05) is 61.8 Å². The normalized spacial score (nSPS) is 10.7. The maximum atomic E-state index is 12.4. The van der Waals surface area contributed by atoms with Crippen LogP contribution in [0.1, 0.15) is 16.3 Å². The second kappa shape index (κ2) is 6.79. The number of hydrogen-bond acceptors (Lipinski definition) is 4. The predicted molar refractivity (Wildman–Crippen MR) is 91.2 cm³/mol. The number of likely N-dealkylation sites (N-methyl/N-ethyl adjacent to an activating group) is 1. The molecule has 0 saturated carbocycles. The molecule has 3 aromatic rings. The molecule has 0 fully saturated rings. The molecule has 1 amide bonds. The molecule has 1 aromatic carbocycles. The molecule has 0 N–H and O–H groups in total. The van der Waals surface area contributed by atoms with E-state index in [0.717, 1.165) is 5.56 Å². The van der Waals surface area contributed by atoms with Crippen molar-refractivity contribution >= 4 is 17.2 Å². The molecular formula is C18H18N2O2S. The molecule has 0 unspecified atom stereocenters. The lowest BCUT2D eigenvalue weighted by atomic mass is 10.2. The van der Waals surface area contributed by atoms with Crippen LogP contribution in [0.4, 0.5) is 0 Å². The van der Waals surface area contributed by atoms with Gasteiger partial charge < -0.3 is 9.32 Å². The fourth-order valence-corrected chi connectivity index (χ4v) is 3.06. The van der Waals surface area contributed by atoms with Crippen LogP contribution in [0, 0.1) is 6.92 Å². The Labute approximate surface area is 139 Å². The maximum absolute atomic E-state index is 12.4. The molecule has 4 nitrogen and oxygen atoms in total. The molecule has 0 aliphatic heterocycles. The lowest BCUT2D eigenvalue weighted by Gasteiger charge is -2.15. The van der Waals surface area contributed by atoms with Crippen LogP contribution in [0.2, 0.25) is 0 Å². The largest absolute Gasteiger partial charge is 0.441 e. The van der Waals surface area contributed by atoms with E-state index >= 15 is 0 Å². The van der Waals surface area contributed by atoms with E-state index in [9.17, 15) is 4.79 Å². The summed E-state index contributed by atoms with van der Waals surface area (Å²) in [5.41, 5.74) is 1.62. The number of amides is 1. The van der Waals surface area contributed by atoms with Gasteiger partial charge in [-0.05, 0) is 30.5 Å². The second-order valence-electron chi connectivity index (χ2n) is 5.39. The third kappa shape index (κ3) is 3.68. The number of nitrogens with zero attached hydrogens (tertiary/aromatic N) is 2. The fraction of sp³-hybridized carbons (Fsp3) is 0.222. The van der Waals surface area contributed by atoms with Gasteiger partial charge in [-0.1, -0.05) is 24.3 Å². The third-order valence-corrected chi connectivity index (χ3v) is 4.49. The predicted octanol–water partition coefficient (Wildman–Crippen LogP) is 3.91. The molecule has 0 saturated heterocycles. The van der Waals surface area contributed by atoms with Crippen molar-refractivity contribution in [2.45, 2.75) is 19.9 Å². The summed E-state index contributed by atoms with van der Waals surface area (Å²) in [6.07, 6.45) is 0.254. The first-order valence-corrected chi connectivity index (χ1v) is 8.29. The SMILES string of the molecule is Cc1oc(-c2ccccc2)nc1CC(=O)N(C)Cc1cccs1. The van der Waals surface area contributed by atoms with Crippen LogP contribution in [0.15, 0.2) is 52.3 Å². The van der Waals surface area contributed by atoms with Gasteiger partial charge in [-0.25, -0.2) is 4.98 Å². The van der Waals surface area contributed by atoms with Crippen LogP contribution < -0.4 is 0 Å². The van der Waals surface area contributed by atoms with Crippen LogP contribution in [0.5, 0.6) is 0 Å². The van der Waals surface area contributed by atoms with E-state index < -0.39 is 0 Å². The number of aryl methyl sites for hydroxylation is 1. The molecule has 118 valence electrons. The van der Waals surface area contributed by atoms with Crippen LogP contribution in [-0.2, 0) is 17.8 Å². The number of carbonyl (C=O) groups excluding carboxylic acids is 1. The van der Waals surface area contributed by atoms with Crippen LogP contribution in [-0.4, -0.2) is 22.8 Å². The van der Waals surface area contributed by atoms with E-state index in [1.54, 1.807) is 16.2 Å². The number of hydrogen-bond donors (Lipinski definition) is 0. The van der Waals surface area contributed by atoms with Gasteiger partial charge in [-0.3, -0.25) is 4.79 Å². The first-order valence-electron chi connectivity index (χ1n) is 7.41. The monoisotopic (exact) mass is 326 g/mol. The minimum atomic E-state index is 0.0365. The Morgan fingerprint density at radius 1 is 1.22 bits per heavy atom. The quantitative estimate of drug-likeness (QED) is 0.714. The van der Waals surface area contributed by atoms with Crippen LogP contribution in [0.3, 0.4) is 0 Å². The van der Waals surface area contributed by atoms with Gasteiger partial charge in [-0.2, -0.15) is 0 Å². The van der Waals surface area contributed by atoms with E-state index in [2.05, 4.69) is 4.98 Å². The summed E-state index contributed by atoms with van der Waals surface area (Å²) in [6.45, 7) is 2.47. The van der Waals surface area contributed by atoms with Crippen molar-refractivity contribution in [1.82, 2.24) is 9.88 Å². The summed E-state index contributed by atoms with van der Waals surface area (Å²) in [7, 11) is 1.82. The van der Waals surface area contributed by atoms with Crippen molar-refractivity contribution < 1.29 is 9.21 Å². The highest BCUT2D eigenvalue weighted by molar-refractivity contribution is 7.09. The van der Waals surface area contributed by atoms with Crippen molar-refractivity contribution in [2.24, 2.45) is 0 Å². The van der Waals surface area contributed by atoms with Gasteiger partial charge in [0.25, 0.3) is 0 Å². The van der Waals surface area contributed by atoms with Gasteiger partial charge in [0.1, 0.15) is 5.76 Å². The zero-order valence-electron chi connectivity index (χ0n) is 13.2. The topological polar surface area (TPSA) is 46.3 Å². The van der Waals surface area contributed by atoms with Gasteiger partial charge in [0.15, 0.2) is 0 Å². The minimum absolute atomic E-state index is 0.0365. The number of carbonyl (C=O) groups is 1. The Hall–Kier alpha value is -2.40. The van der Waals surface area contributed by atoms with Crippen molar-refractivity contribution in [3.63, 3.8) is 0 Å². The second-order valence-corrected chi connectivity index (χ2v) is 6.43. The van der Waals surface area contributed by atoms with Crippen LogP contribution >= 0.6 is 11.3 Å². The van der Waals surface area contributed by atoms with E-state index in [0.29, 0.717) is 23.9 Å². The molecule has 0 spiro atoms. The molecule has 2 heterocycles. The van der Waals surface area contributed by atoms with E-state index in [4.69, 9.17) is 4.42 Å². The Bertz CT molecular complexity index is 779. The first kappa shape index (κ1) is 15.5. The average Bonchev–Trinajstić information content (AvgIpc) is 3.18. The highest BCUT2D eigenvalue weighted by Gasteiger charge is 2.17. The zero-order chi connectivity index (χ0) is 16.2. The lowest BCUT2D eigenvalue weighted by molar-refractivity contribution is -0.129. The summed E-state index contributed by atoms with van der Waals surface area (Å²) >= 11 is 1.65. The summed E-state index contributed by atoms with van der Waals surface area (Å²) in [6, 6.07) is 13.7. The van der Waals surface area contributed by atoms with E-state index in [1.165, 1.54) is 4.88 Å². The third-order valence-electron chi connectivity index (χ3n) is 3.63. The van der Waals surface area contributed by atoms with Gasteiger partial charge in [0, 0.05) is 17.5 Å². The molecule has 0 aliphatic carbocycles. The van der Waals surface area contributed by atoms with Crippen LogP contribution in [0.25, 0.3) is 11.5 Å². The average molecular weight is 326 g/mol. The molecule has 0 aliphatic rings. The molecule has 23 heavy (non-hydrogen) atoms. The van der Waals surface area contributed by atoms with Gasteiger partial charge in [-0.15, -0.1) is 11.3 Å². The zero-order valence-corrected chi connectivity index (χ0v) is 14.0. The van der Waals surface area contributed by atoms with Crippen molar-refractivity contribution in [3.8, 4) is 11.5 Å². The molecule has 3 rings (SSSR count). The Balaban J connectivity index is 1.70. The summed E-state index contributed by atoms with van der Waals surface area (Å²) in [4.78, 5) is 19.8. The minimum Gasteiger partial charge on any atom is -0.441 e. The summed E-state index contributed by atoms with van der Waals surface area (Å²) in [5.74, 6) is 1.29. The van der Waals surface area contributed by atoms with Gasteiger partial charge >= 0.3 is 0 Å². The number of rotatable bonds is 5. The standard InChI is InChI=1S/C18H18N2O2S/c1-13-16(19-18(22-13)14-7-4-3-5-8-14)11-17(21)20(2)12-15-9-6-10-23-15/h3-10H,11-12H2,1-2H3. The molecule has 5 heteroatoms.